The van der Waals surface area contributed by atoms with E-state index < -0.39 is 11.6 Å². The van der Waals surface area contributed by atoms with Crippen LogP contribution < -0.4 is 5.32 Å². The number of rotatable bonds is 7. The molecule has 0 radical (unpaired) electrons. The summed E-state index contributed by atoms with van der Waals surface area (Å²) in [6.45, 7) is 11.9. The van der Waals surface area contributed by atoms with Crippen molar-refractivity contribution in [1.82, 2.24) is 5.32 Å². The summed E-state index contributed by atoms with van der Waals surface area (Å²) in [5.74, 6) is -1.03. The molecule has 120 valence electrons. The number of nitrogens with one attached hydrogen (secondary N) is 1. The van der Waals surface area contributed by atoms with E-state index in [9.17, 15) is 8.78 Å². The van der Waals surface area contributed by atoms with Gasteiger partial charge in [-0.15, -0.1) is 0 Å². The zero-order valence-corrected chi connectivity index (χ0v) is 14.0. The average molecular weight is 297 g/mol. The van der Waals surface area contributed by atoms with Crippen LogP contribution in [0.15, 0.2) is 18.2 Å². The summed E-state index contributed by atoms with van der Waals surface area (Å²) in [5.41, 5.74) is 1.12. The number of hydrogen-bond acceptors (Lipinski definition) is 1. The van der Waals surface area contributed by atoms with E-state index in [0.717, 1.165) is 31.4 Å². The Morgan fingerprint density at radius 3 is 2.33 bits per heavy atom. The molecule has 0 aliphatic rings. The van der Waals surface area contributed by atoms with E-state index in [4.69, 9.17) is 0 Å². The first-order valence-electron chi connectivity index (χ1n) is 7.91. The van der Waals surface area contributed by atoms with Crippen LogP contribution in [0.1, 0.15) is 65.5 Å². The first kappa shape index (κ1) is 18.1. The molecule has 0 heterocycles. The fourth-order valence-corrected chi connectivity index (χ4v) is 2.92. The van der Waals surface area contributed by atoms with Gasteiger partial charge < -0.3 is 5.32 Å². The van der Waals surface area contributed by atoms with Crippen molar-refractivity contribution in [2.24, 2.45) is 11.3 Å². The number of halogens is 2. The van der Waals surface area contributed by atoms with E-state index in [1.54, 1.807) is 6.07 Å². The minimum atomic E-state index is -0.782. The first-order valence-corrected chi connectivity index (χ1v) is 7.91. The van der Waals surface area contributed by atoms with Crippen LogP contribution in [0.5, 0.6) is 0 Å². The van der Waals surface area contributed by atoms with Crippen LogP contribution in [0.3, 0.4) is 0 Å². The van der Waals surface area contributed by atoms with Gasteiger partial charge in [-0.3, -0.25) is 0 Å². The Hall–Kier alpha value is -0.960. The Kier molecular flexibility index (Phi) is 6.79. The molecule has 0 saturated carbocycles. The van der Waals surface area contributed by atoms with Crippen LogP contribution in [0.25, 0.3) is 0 Å². The summed E-state index contributed by atoms with van der Waals surface area (Å²) in [6, 6.07) is 4.32. The van der Waals surface area contributed by atoms with Crippen molar-refractivity contribution in [3.05, 3.63) is 35.4 Å². The Morgan fingerprint density at radius 1 is 1.14 bits per heavy atom. The summed E-state index contributed by atoms with van der Waals surface area (Å²) in [5, 5.41) is 3.46. The van der Waals surface area contributed by atoms with Crippen LogP contribution in [0, 0.1) is 23.0 Å². The van der Waals surface area contributed by atoms with E-state index in [0.29, 0.717) is 5.92 Å². The summed E-state index contributed by atoms with van der Waals surface area (Å²) < 4.78 is 26.6. The largest absolute Gasteiger partial charge is 0.310 e. The zero-order valence-electron chi connectivity index (χ0n) is 14.0. The molecule has 3 heteroatoms. The highest BCUT2D eigenvalue weighted by Gasteiger charge is 2.20. The third kappa shape index (κ3) is 6.56. The van der Waals surface area contributed by atoms with Gasteiger partial charge in [0.2, 0.25) is 0 Å². The molecule has 0 aliphatic heterocycles. The predicted octanol–water partition coefficient (Wildman–Crippen LogP) is 5.47. The van der Waals surface area contributed by atoms with E-state index in [2.05, 4.69) is 39.9 Å². The third-order valence-electron chi connectivity index (χ3n) is 3.59. The normalized spacial score (nSPS) is 15.0. The molecule has 1 nitrogen and oxygen atoms in total. The number of hydrogen-bond donors (Lipinski definition) is 1. The lowest BCUT2D eigenvalue weighted by Crippen LogP contribution is -2.25. The highest BCUT2D eigenvalue weighted by atomic mass is 19.2. The van der Waals surface area contributed by atoms with E-state index in [-0.39, 0.29) is 11.5 Å². The summed E-state index contributed by atoms with van der Waals surface area (Å²) in [7, 11) is 0. The monoisotopic (exact) mass is 297 g/mol. The van der Waals surface area contributed by atoms with Crippen LogP contribution in [-0.4, -0.2) is 6.54 Å². The van der Waals surface area contributed by atoms with Gasteiger partial charge in [0, 0.05) is 6.04 Å². The quantitative estimate of drug-likeness (QED) is 0.704. The molecule has 0 fully saturated rings. The van der Waals surface area contributed by atoms with Crippen molar-refractivity contribution in [3.63, 3.8) is 0 Å². The van der Waals surface area contributed by atoms with Crippen molar-refractivity contribution in [2.45, 2.75) is 59.9 Å². The maximum atomic E-state index is 13.5. The van der Waals surface area contributed by atoms with Gasteiger partial charge in [0.25, 0.3) is 0 Å². The van der Waals surface area contributed by atoms with Gasteiger partial charge in [-0.2, -0.15) is 0 Å². The summed E-state index contributed by atoms with van der Waals surface area (Å²) in [6.07, 6.45) is 3.07. The Balaban J connectivity index is 2.81. The standard InChI is InChI=1S/C18H29F2N/c1-6-9-21-17(10-13(2)12-18(3,4)5)14-7-8-15(19)16(20)11-14/h7-8,11,13,17,21H,6,9-10,12H2,1-5H3. The van der Waals surface area contributed by atoms with Gasteiger partial charge in [-0.05, 0) is 54.8 Å². The summed E-state index contributed by atoms with van der Waals surface area (Å²) in [4.78, 5) is 0. The van der Waals surface area contributed by atoms with Crippen LogP contribution in [-0.2, 0) is 0 Å². The van der Waals surface area contributed by atoms with Gasteiger partial charge in [0.1, 0.15) is 0 Å². The highest BCUT2D eigenvalue weighted by molar-refractivity contribution is 5.21. The molecule has 21 heavy (non-hydrogen) atoms. The number of benzene rings is 1. The van der Waals surface area contributed by atoms with E-state index >= 15 is 0 Å². The maximum Gasteiger partial charge on any atom is 0.159 e. The molecule has 0 bridgehead atoms. The molecule has 1 N–H and O–H groups in total. The Morgan fingerprint density at radius 2 is 1.81 bits per heavy atom. The molecular weight excluding hydrogens is 268 g/mol. The maximum absolute atomic E-state index is 13.5. The highest BCUT2D eigenvalue weighted by Crippen LogP contribution is 2.31. The zero-order chi connectivity index (χ0) is 16.0. The smallest absolute Gasteiger partial charge is 0.159 e. The van der Waals surface area contributed by atoms with Gasteiger partial charge in [0.05, 0.1) is 0 Å². The minimum absolute atomic E-state index is 0.0809. The lowest BCUT2D eigenvalue weighted by molar-refractivity contribution is 0.275. The molecule has 2 atom stereocenters. The molecule has 0 aromatic heterocycles. The van der Waals surface area contributed by atoms with E-state index in [1.807, 2.05) is 0 Å². The second-order valence-electron chi connectivity index (χ2n) is 7.29. The molecule has 2 unspecified atom stereocenters. The topological polar surface area (TPSA) is 12.0 Å². The molecular formula is C18H29F2N. The Bertz CT molecular complexity index is 437. The minimum Gasteiger partial charge on any atom is -0.310 e. The third-order valence-corrected chi connectivity index (χ3v) is 3.59. The fourth-order valence-electron chi connectivity index (χ4n) is 2.92. The molecule has 0 amide bonds. The molecule has 1 aromatic rings. The van der Waals surface area contributed by atoms with Crippen LogP contribution >= 0.6 is 0 Å². The van der Waals surface area contributed by atoms with Gasteiger partial charge in [-0.25, -0.2) is 8.78 Å². The van der Waals surface area contributed by atoms with E-state index in [1.165, 1.54) is 12.1 Å². The van der Waals surface area contributed by atoms with Crippen molar-refractivity contribution < 1.29 is 8.78 Å². The first-order chi connectivity index (χ1) is 9.73. The van der Waals surface area contributed by atoms with Gasteiger partial charge in [-0.1, -0.05) is 40.7 Å². The molecule has 1 rings (SSSR count). The van der Waals surface area contributed by atoms with Crippen molar-refractivity contribution in [3.8, 4) is 0 Å². The molecule has 1 aromatic carbocycles. The lowest BCUT2D eigenvalue weighted by atomic mass is 9.82. The summed E-state index contributed by atoms with van der Waals surface area (Å²) >= 11 is 0. The van der Waals surface area contributed by atoms with Gasteiger partial charge in [0.15, 0.2) is 11.6 Å². The van der Waals surface area contributed by atoms with Crippen LogP contribution in [0.2, 0.25) is 0 Å². The van der Waals surface area contributed by atoms with Gasteiger partial charge >= 0.3 is 0 Å². The molecule has 0 aliphatic carbocycles. The van der Waals surface area contributed by atoms with Crippen molar-refractivity contribution >= 4 is 0 Å². The lowest BCUT2D eigenvalue weighted by Gasteiger charge is -2.27. The van der Waals surface area contributed by atoms with Crippen molar-refractivity contribution in [1.29, 1.82) is 0 Å². The average Bonchev–Trinajstić information content (AvgIpc) is 2.35. The fraction of sp³-hybridized carbons (Fsp3) is 0.667. The van der Waals surface area contributed by atoms with Crippen LogP contribution in [0.4, 0.5) is 8.78 Å². The second-order valence-corrected chi connectivity index (χ2v) is 7.29. The second kappa shape index (κ2) is 7.88. The Labute approximate surface area is 128 Å². The van der Waals surface area contributed by atoms with Crippen molar-refractivity contribution in [2.75, 3.05) is 6.54 Å². The molecule has 0 spiro atoms. The molecule has 0 saturated heterocycles. The predicted molar refractivity (Wildman–Crippen MR) is 85.2 cm³/mol. The SMILES string of the molecule is CCCNC(CC(C)CC(C)(C)C)c1ccc(F)c(F)c1.